The first kappa shape index (κ1) is 12.6. The highest BCUT2D eigenvalue weighted by molar-refractivity contribution is 7.91. The number of sulfonamides is 1. The molecule has 1 atom stereocenters. The Morgan fingerprint density at radius 1 is 1.60 bits per heavy atom. The summed E-state index contributed by atoms with van der Waals surface area (Å²) in [7, 11) is -3.56. The zero-order valence-corrected chi connectivity index (χ0v) is 9.81. The summed E-state index contributed by atoms with van der Waals surface area (Å²) in [5, 5.41) is 19.8. The molecule has 0 amide bonds. The minimum Gasteiger partial charge on any atom is -0.393 e. The summed E-state index contributed by atoms with van der Waals surface area (Å²) >= 11 is 1.09. The van der Waals surface area contributed by atoms with Crippen molar-refractivity contribution in [3.8, 4) is 0 Å². The molecule has 7 heteroatoms. The fraction of sp³-hybridized carbons (Fsp3) is 0.500. The molecule has 1 aromatic rings. The Morgan fingerprint density at radius 2 is 2.27 bits per heavy atom. The average molecular weight is 251 g/mol. The standard InChI is InChI=1S/C8H13NO4S2/c1-8(11,6-10)5-9-15(12,13)7-3-2-4-14-7/h2-4,9-11H,5-6H2,1H3. The van der Waals surface area contributed by atoms with E-state index >= 15 is 0 Å². The quantitative estimate of drug-likeness (QED) is 0.674. The number of aliphatic hydroxyl groups is 2. The highest BCUT2D eigenvalue weighted by Crippen LogP contribution is 2.15. The molecule has 0 bridgehead atoms. The molecule has 0 saturated heterocycles. The SMILES string of the molecule is CC(O)(CO)CNS(=O)(=O)c1cccs1. The summed E-state index contributed by atoms with van der Waals surface area (Å²) < 4.78 is 25.5. The van der Waals surface area contributed by atoms with Crippen molar-refractivity contribution in [2.45, 2.75) is 16.7 Å². The number of thiophene rings is 1. The maximum atomic E-state index is 11.6. The lowest BCUT2D eigenvalue weighted by atomic mass is 10.1. The molecule has 0 aromatic carbocycles. The topological polar surface area (TPSA) is 86.6 Å². The largest absolute Gasteiger partial charge is 0.393 e. The van der Waals surface area contributed by atoms with E-state index in [-0.39, 0.29) is 10.8 Å². The molecule has 0 radical (unpaired) electrons. The summed E-state index contributed by atoms with van der Waals surface area (Å²) in [6.45, 7) is 0.633. The third-order valence-corrected chi connectivity index (χ3v) is 4.54. The molecule has 1 heterocycles. The molecule has 1 rings (SSSR count). The van der Waals surface area contributed by atoms with E-state index in [0.29, 0.717) is 0 Å². The zero-order valence-electron chi connectivity index (χ0n) is 8.17. The average Bonchev–Trinajstić information content (AvgIpc) is 2.69. The van der Waals surface area contributed by atoms with Gasteiger partial charge in [0, 0.05) is 6.54 Å². The molecule has 0 aliphatic heterocycles. The fourth-order valence-electron chi connectivity index (χ4n) is 0.794. The van der Waals surface area contributed by atoms with Crippen LogP contribution in [0.25, 0.3) is 0 Å². The Hall–Kier alpha value is -0.470. The van der Waals surface area contributed by atoms with Crippen LogP contribution in [0.2, 0.25) is 0 Å². The van der Waals surface area contributed by atoms with Gasteiger partial charge in [-0.15, -0.1) is 11.3 Å². The first-order valence-corrected chi connectivity index (χ1v) is 6.60. The molecule has 0 fully saturated rings. The van der Waals surface area contributed by atoms with E-state index in [4.69, 9.17) is 5.11 Å². The predicted molar refractivity (Wildman–Crippen MR) is 57.2 cm³/mol. The predicted octanol–water partition coefficient (Wildman–Crippen LogP) is -0.230. The van der Waals surface area contributed by atoms with Crippen molar-refractivity contribution in [1.82, 2.24) is 4.72 Å². The van der Waals surface area contributed by atoms with Crippen LogP contribution in [0.15, 0.2) is 21.7 Å². The molecule has 0 saturated carbocycles. The van der Waals surface area contributed by atoms with Crippen LogP contribution in [-0.2, 0) is 10.0 Å². The molecule has 0 aliphatic carbocycles. The summed E-state index contributed by atoms with van der Waals surface area (Å²) in [6.07, 6.45) is 0. The van der Waals surface area contributed by atoms with Gasteiger partial charge in [-0.3, -0.25) is 0 Å². The van der Waals surface area contributed by atoms with E-state index in [0.717, 1.165) is 11.3 Å². The van der Waals surface area contributed by atoms with Gasteiger partial charge in [0.25, 0.3) is 0 Å². The molecular formula is C8H13NO4S2. The Bertz CT molecular complexity index is 396. The first-order chi connectivity index (χ1) is 6.87. The smallest absolute Gasteiger partial charge is 0.250 e. The van der Waals surface area contributed by atoms with Gasteiger partial charge in [0.1, 0.15) is 4.21 Å². The number of aliphatic hydroxyl groups excluding tert-OH is 1. The second-order valence-corrected chi connectivity index (χ2v) is 6.35. The number of rotatable bonds is 5. The van der Waals surface area contributed by atoms with E-state index in [9.17, 15) is 13.5 Å². The van der Waals surface area contributed by atoms with Crippen molar-refractivity contribution in [3.05, 3.63) is 17.5 Å². The van der Waals surface area contributed by atoms with Crippen molar-refractivity contribution < 1.29 is 18.6 Å². The lowest BCUT2D eigenvalue weighted by molar-refractivity contribution is 0.00682. The minimum absolute atomic E-state index is 0.191. The van der Waals surface area contributed by atoms with Crippen molar-refractivity contribution in [3.63, 3.8) is 0 Å². The molecule has 1 unspecified atom stereocenters. The first-order valence-electron chi connectivity index (χ1n) is 4.24. The summed E-state index contributed by atoms with van der Waals surface area (Å²) in [5.41, 5.74) is -1.44. The van der Waals surface area contributed by atoms with Gasteiger partial charge in [-0.2, -0.15) is 0 Å². The Labute approximate surface area is 92.4 Å². The molecule has 1 aromatic heterocycles. The van der Waals surface area contributed by atoms with Crippen LogP contribution in [-0.4, -0.2) is 37.4 Å². The molecule has 0 aliphatic rings. The number of hydrogen-bond donors (Lipinski definition) is 3. The Balaban J connectivity index is 2.67. The molecular weight excluding hydrogens is 238 g/mol. The highest BCUT2D eigenvalue weighted by Gasteiger charge is 2.23. The van der Waals surface area contributed by atoms with Gasteiger partial charge in [0.05, 0.1) is 12.2 Å². The highest BCUT2D eigenvalue weighted by atomic mass is 32.2. The Kier molecular flexibility index (Phi) is 3.85. The molecule has 15 heavy (non-hydrogen) atoms. The van der Waals surface area contributed by atoms with Crippen LogP contribution >= 0.6 is 11.3 Å². The lowest BCUT2D eigenvalue weighted by Crippen LogP contribution is -2.43. The monoisotopic (exact) mass is 251 g/mol. The van der Waals surface area contributed by atoms with E-state index in [1.807, 2.05) is 0 Å². The number of nitrogens with one attached hydrogen (secondary N) is 1. The summed E-state index contributed by atoms with van der Waals surface area (Å²) in [6, 6.07) is 3.10. The van der Waals surface area contributed by atoms with Crippen molar-refractivity contribution in [1.29, 1.82) is 0 Å². The zero-order chi connectivity index (χ0) is 11.5. The number of hydrogen-bond acceptors (Lipinski definition) is 5. The van der Waals surface area contributed by atoms with Crippen LogP contribution in [0.5, 0.6) is 0 Å². The molecule has 5 nitrogen and oxygen atoms in total. The Morgan fingerprint density at radius 3 is 2.73 bits per heavy atom. The van der Waals surface area contributed by atoms with Gasteiger partial charge in [-0.05, 0) is 18.4 Å². The summed E-state index contributed by atoms with van der Waals surface area (Å²) in [4.78, 5) is 0. The third kappa shape index (κ3) is 3.54. The lowest BCUT2D eigenvalue weighted by Gasteiger charge is -2.20. The van der Waals surface area contributed by atoms with E-state index < -0.39 is 22.2 Å². The maximum Gasteiger partial charge on any atom is 0.250 e. The normalized spacial score (nSPS) is 16.2. The van der Waals surface area contributed by atoms with E-state index in [2.05, 4.69) is 4.72 Å². The van der Waals surface area contributed by atoms with E-state index in [1.165, 1.54) is 13.0 Å². The van der Waals surface area contributed by atoms with Gasteiger partial charge in [-0.1, -0.05) is 6.07 Å². The minimum atomic E-state index is -3.56. The van der Waals surface area contributed by atoms with Crippen molar-refractivity contribution in [2.75, 3.05) is 13.2 Å². The van der Waals surface area contributed by atoms with Gasteiger partial charge < -0.3 is 10.2 Å². The fourth-order valence-corrected chi connectivity index (χ4v) is 2.99. The second-order valence-electron chi connectivity index (χ2n) is 3.41. The maximum absolute atomic E-state index is 11.6. The van der Waals surface area contributed by atoms with Crippen LogP contribution < -0.4 is 4.72 Å². The van der Waals surface area contributed by atoms with Crippen molar-refractivity contribution in [2.24, 2.45) is 0 Å². The van der Waals surface area contributed by atoms with Gasteiger partial charge >= 0.3 is 0 Å². The van der Waals surface area contributed by atoms with Crippen LogP contribution in [0, 0.1) is 0 Å². The van der Waals surface area contributed by atoms with E-state index in [1.54, 1.807) is 11.4 Å². The van der Waals surface area contributed by atoms with Gasteiger partial charge in [-0.25, -0.2) is 13.1 Å². The molecule has 86 valence electrons. The van der Waals surface area contributed by atoms with Gasteiger partial charge in [0.15, 0.2) is 0 Å². The van der Waals surface area contributed by atoms with Crippen LogP contribution in [0.4, 0.5) is 0 Å². The van der Waals surface area contributed by atoms with Crippen LogP contribution in [0.3, 0.4) is 0 Å². The van der Waals surface area contributed by atoms with Gasteiger partial charge in [0.2, 0.25) is 10.0 Å². The molecule has 3 N–H and O–H groups in total. The third-order valence-electron chi connectivity index (χ3n) is 1.74. The van der Waals surface area contributed by atoms with Crippen LogP contribution in [0.1, 0.15) is 6.92 Å². The second kappa shape index (κ2) is 4.58. The summed E-state index contributed by atoms with van der Waals surface area (Å²) in [5.74, 6) is 0. The molecule has 0 spiro atoms. The van der Waals surface area contributed by atoms with Crippen molar-refractivity contribution >= 4 is 21.4 Å².